The number of ether oxygens (including phenoxy) is 3. The van der Waals surface area contributed by atoms with Gasteiger partial charge in [0.2, 0.25) is 0 Å². The predicted octanol–water partition coefficient (Wildman–Crippen LogP) is 4.44. The van der Waals surface area contributed by atoms with Crippen LogP contribution in [0, 0.1) is 6.92 Å². The largest absolute Gasteiger partial charge is 0.488 e. The number of hydrogen-bond acceptors (Lipinski definition) is 3. The summed E-state index contributed by atoms with van der Waals surface area (Å²) < 4.78 is 16.9. The van der Waals surface area contributed by atoms with E-state index in [4.69, 9.17) is 14.2 Å². The van der Waals surface area contributed by atoms with Crippen molar-refractivity contribution in [3.05, 3.63) is 54.1 Å². The van der Waals surface area contributed by atoms with E-state index >= 15 is 0 Å². The highest BCUT2D eigenvalue weighted by atomic mass is 16.7. The molecule has 0 radical (unpaired) electrons. The Balaban J connectivity index is 2.12. The Kier molecular flexibility index (Phi) is 6.44. The Labute approximate surface area is 132 Å². The van der Waals surface area contributed by atoms with E-state index in [0.29, 0.717) is 19.8 Å². The van der Waals surface area contributed by atoms with Gasteiger partial charge in [-0.05, 0) is 43.5 Å². The van der Waals surface area contributed by atoms with Crippen LogP contribution >= 0.6 is 0 Å². The van der Waals surface area contributed by atoms with Gasteiger partial charge in [0.15, 0.2) is 6.29 Å². The van der Waals surface area contributed by atoms with E-state index in [2.05, 4.69) is 25.1 Å². The lowest BCUT2D eigenvalue weighted by Gasteiger charge is -2.19. The molecule has 0 spiro atoms. The average Bonchev–Trinajstić information content (AvgIpc) is 2.55. The van der Waals surface area contributed by atoms with E-state index in [1.165, 1.54) is 11.1 Å². The number of benzene rings is 2. The molecule has 0 aliphatic carbocycles. The van der Waals surface area contributed by atoms with Crippen LogP contribution in [0.5, 0.6) is 5.75 Å². The van der Waals surface area contributed by atoms with Crippen LogP contribution in [0.2, 0.25) is 0 Å². The first kappa shape index (κ1) is 16.5. The van der Waals surface area contributed by atoms with Crippen molar-refractivity contribution in [3.63, 3.8) is 0 Å². The molecular formula is C19H24O3. The Bertz CT molecular complexity index is 560. The summed E-state index contributed by atoms with van der Waals surface area (Å²) in [6, 6.07) is 16.4. The van der Waals surface area contributed by atoms with Crippen molar-refractivity contribution in [1.29, 1.82) is 0 Å². The molecule has 0 fully saturated rings. The lowest BCUT2D eigenvalue weighted by molar-refractivity contribution is -0.152. The topological polar surface area (TPSA) is 27.7 Å². The summed E-state index contributed by atoms with van der Waals surface area (Å²) in [4.78, 5) is 0. The van der Waals surface area contributed by atoms with Gasteiger partial charge in [-0.3, -0.25) is 0 Å². The maximum atomic E-state index is 5.92. The molecule has 0 saturated carbocycles. The molecular weight excluding hydrogens is 276 g/mol. The Hall–Kier alpha value is -1.84. The first-order chi connectivity index (χ1) is 10.8. The Morgan fingerprint density at radius 1 is 0.864 bits per heavy atom. The minimum atomic E-state index is -0.324. The van der Waals surface area contributed by atoms with Gasteiger partial charge in [0.25, 0.3) is 0 Å². The van der Waals surface area contributed by atoms with Gasteiger partial charge >= 0.3 is 0 Å². The van der Waals surface area contributed by atoms with Crippen molar-refractivity contribution in [2.75, 3.05) is 19.8 Å². The third-order valence-electron chi connectivity index (χ3n) is 3.45. The molecule has 3 heteroatoms. The lowest BCUT2D eigenvalue weighted by Crippen LogP contribution is -2.25. The second-order valence-electron chi connectivity index (χ2n) is 4.95. The highest BCUT2D eigenvalue weighted by Crippen LogP contribution is 2.29. The fraction of sp³-hybridized carbons (Fsp3) is 0.368. The van der Waals surface area contributed by atoms with Gasteiger partial charge in [0, 0.05) is 13.2 Å². The van der Waals surface area contributed by atoms with E-state index in [1.54, 1.807) is 0 Å². The Morgan fingerprint density at radius 3 is 2.18 bits per heavy atom. The quantitative estimate of drug-likeness (QED) is 0.675. The molecule has 0 aromatic heterocycles. The summed E-state index contributed by atoms with van der Waals surface area (Å²) in [5.74, 6) is 0.866. The standard InChI is InChI=1S/C19H24O3/c1-4-20-19(21-5-2)14-22-18-13-9-12-17(15(18)3)16-10-7-6-8-11-16/h6-13,19H,4-5,14H2,1-3H3. The van der Waals surface area contributed by atoms with Crippen molar-refractivity contribution < 1.29 is 14.2 Å². The van der Waals surface area contributed by atoms with E-state index in [9.17, 15) is 0 Å². The molecule has 0 atom stereocenters. The zero-order valence-corrected chi connectivity index (χ0v) is 13.5. The maximum Gasteiger partial charge on any atom is 0.191 e. The van der Waals surface area contributed by atoms with Crippen molar-refractivity contribution in [1.82, 2.24) is 0 Å². The molecule has 118 valence electrons. The van der Waals surface area contributed by atoms with E-state index in [1.807, 2.05) is 44.2 Å². The van der Waals surface area contributed by atoms with E-state index in [0.717, 1.165) is 11.3 Å². The normalized spacial score (nSPS) is 10.9. The summed E-state index contributed by atoms with van der Waals surface area (Å²) in [5, 5.41) is 0. The van der Waals surface area contributed by atoms with Crippen molar-refractivity contribution in [2.45, 2.75) is 27.1 Å². The first-order valence-corrected chi connectivity index (χ1v) is 7.77. The second-order valence-corrected chi connectivity index (χ2v) is 4.95. The van der Waals surface area contributed by atoms with Gasteiger partial charge < -0.3 is 14.2 Å². The maximum absolute atomic E-state index is 5.92. The number of hydrogen-bond donors (Lipinski definition) is 0. The van der Waals surface area contributed by atoms with Crippen molar-refractivity contribution in [2.24, 2.45) is 0 Å². The molecule has 0 unspecified atom stereocenters. The summed E-state index contributed by atoms with van der Waals surface area (Å²) >= 11 is 0. The van der Waals surface area contributed by atoms with Gasteiger partial charge in [0.05, 0.1) is 0 Å². The zero-order valence-electron chi connectivity index (χ0n) is 13.5. The third kappa shape index (κ3) is 4.33. The highest BCUT2D eigenvalue weighted by Gasteiger charge is 2.11. The summed E-state index contributed by atoms with van der Waals surface area (Å²) in [7, 11) is 0. The highest BCUT2D eigenvalue weighted by molar-refractivity contribution is 5.69. The Morgan fingerprint density at radius 2 is 1.55 bits per heavy atom. The van der Waals surface area contributed by atoms with Crippen LogP contribution in [0.1, 0.15) is 19.4 Å². The second kappa shape index (κ2) is 8.57. The molecule has 0 amide bonds. The smallest absolute Gasteiger partial charge is 0.191 e. The molecule has 3 nitrogen and oxygen atoms in total. The van der Waals surface area contributed by atoms with Gasteiger partial charge in [-0.1, -0.05) is 42.5 Å². The van der Waals surface area contributed by atoms with Crippen LogP contribution in [0.4, 0.5) is 0 Å². The first-order valence-electron chi connectivity index (χ1n) is 7.77. The summed E-state index contributed by atoms with van der Waals surface area (Å²) in [5.41, 5.74) is 3.50. The van der Waals surface area contributed by atoms with Crippen LogP contribution < -0.4 is 4.74 Å². The molecule has 2 aromatic carbocycles. The molecule has 0 aliphatic heterocycles. The molecule has 22 heavy (non-hydrogen) atoms. The fourth-order valence-electron chi connectivity index (χ4n) is 2.38. The zero-order chi connectivity index (χ0) is 15.8. The lowest BCUT2D eigenvalue weighted by atomic mass is 10.00. The van der Waals surface area contributed by atoms with Crippen LogP contribution in [0.3, 0.4) is 0 Å². The minimum Gasteiger partial charge on any atom is -0.488 e. The monoisotopic (exact) mass is 300 g/mol. The molecule has 2 rings (SSSR count). The van der Waals surface area contributed by atoms with Crippen LogP contribution in [0.25, 0.3) is 11.1 Å². The third-order valence-corrected chi connectivity index (χ3v) is 3.45. The van der Waals surface area contributed by atoms with Gasteiger partial charge in [-0.15, -0.1) is 0 Å². The van der Waals surface area contributed by atoms with Gasteiger partial charge in [0.1, 0.15) is 12.4 Å². The van der Waals surface area contributed by atoms with Gasteiger partial charge in [-0.25, -0.2) is 0 Å². The molecule has 0 saturated heterocycles. The van der Waals surface area contributed by atoms with Crippen molar-refractivity contribution >= 4 is 0 Å². The molecule has 0 aliphatic rings. The SMILES string of the molecule is CCOC(COc1cccc(-c2ccccc2)c1C)OCC. The minimum absolute atomic E-state index is 0.324. The van der Waals surface area contributed by atoms with Crippen LogP contribution in [0.15, 0.2) is 48.5 Å². The van der Waals surface area contributed by atoms with Crippen LogP contribution in [-0.4, -0.2) is 26.1 Å². The number of rotatable bonds is 8. The molecule has 2 aromatic rings. The molecule has 0 heterocycles. The molecule has 0 bridgehead atoms. The van der Waals surface area contributed by atoms with Crippen LogP contribution in [-0.2, 0) is 9.47 Å². The van der Waals surface area contributed by atoms with Gasteiger partial charge in [-0.2, -0.15) is 0 Å². The predicted molar refractivity (Wildman–Crippen MR) is 89.2 cm³/mol. The fourth-order valence-corrected chi connectivity index (χ4v) is 2.38. The molecule has 0 N–H and O–H groups in total. The van der Waals surface area contributed by atoms with E-state index in [-0.39, 0.29) is 6.29 Å². The van der Waals surface area contributed by atoms with Crippen molar-refractivity contribution in [3.8, 4) is 16.9 Å². The average molecular weight is 300 g/mol. The summed E-state index contributed by atoms with van der Waals surface area (Å²) in [6.45, 7) is 7.59. The summed E-state index contributed by atoms with van der Waals surface area (Å²) in [6.07, 6.45) is -0.324. The van der Waals surface area contributed by atoms with E-state index < -0.39 is 0 Å².